The molecule has 1 aliphatic rings. The predicted octanol–water partition coefficient (Wildman–Crippen LogP) is 1.75. The molecule has 0 bridgehead atoms. The molecule has 1 atom stereocenters. The Labute approximate surface area is 120 Å². The molecule has 2 aromatic rings. The van der Waals surface area contributed by atoms with Gasteiger partial charge in [-0.25, -0.2) is 4.98 Å². The lowest BCUT2D eigenvalue weighted by molar-refractivity contribution is -0.117. The highest BCUT2D eigenvalue weighted by Crippen LogP contribution is 2.34. The second-order valence-electron chi connectivity index (χ2n) is 4.69. The van der Waals surface area contributed by atoms with Crippen LogP contribution < -0.4 is 4.90 Å². The van der Waals surface area contributed by atoms with Crippen LogP contribution in [0, 0.1) is 0 Å². The van der Waals surface area contributed by atoms with Gasteiger partial charge < -0.3 is 9.32 Å². The van der Waals surface area contributed by atoms with Gasteiger partial charge in [-0.2, -0.15) is 8.42 Å². The zero-order valence-corrected chi connectivity index (χ0v) is 11.6. The molecule has 21 heavy (non-hydrogen) atoms. The van der Waals surface area contributed by atoms with Crippen LogP contribution >= 0.6 is 0 Å². The Balaban J connectivity index is 2.01. The molecule has 0 saturated carbocycles. The molecular weight excluding hydrogens is 299 g/mol. The molecular formula is C13H11FN2O4S. The lowest BCUT2D eigenvalue weighted by Gasteiger charge is -2.18. The number of para-hydroxylation sites is 1. The van der Waals surface area contributed by atoms with E-state index in [4.69, 9.17) is 4.42 Å². The predicted molar refractivity (Wildman–Crippen MR) is 72.7 cm³/mol. The number of oxazole rings is 1. The monoisotopic (exact) mass is 310 g/mol. The van der Waals surface area contributed by atoms with Crippen LogP contribution in [0.5, 0.6) is 0 Å². The fourth-order valence-corrected chi connectivity index (χ4v) is 3.03. The van der Waals surface area contributed by atoms with E-state index in [1.165, 1.54) is 17.5 Å². The first-order chi connectivity index (χ1) is 9.97. The molecule has 0 aliphatic carbocycles. The minimum atomic E-state index is -4.74. The minimum absolute atomic E-state index is 0.206. The number of halogens is 1. The molecule has 1 unspecified atom stereocenters. The first-order valence-corrected chi connectivity index (χ1v) is 7.63. The van der Waals surface area contributed by atoms with Crippen molar-refractivity contribution in [3.05, 3.63) is 36.9 Å². The summed E-state index contributed by atoms with van der Waals surface area (Å²) in [4.78, 5) is 17.1. The molecule has 0 radical (unpaired) electrons. The number of nitrogens with zero attached hydrogens (tertiary/aromatic N) is 2. The van der Waals surface area contributed by atoms with Crippen LogP contribution in [0.15, 0.2) is 41.3 Å². The quantitative estimate of drug-likeness (QED) is 0.807. The molecule has 1 aromatic carbocycles. The second-order valence-corrected chi connectivity index (χ2v) is 6.31. The summed E-state index contributed by atoms with van der Waals surface area (Å²) in [7, 11) is -4.74. The highest BCUT2D eigenvalue weighted by atomic mass is 32.3. The molecule has 1 aliphatic heterocycles. The fraction of sp³-hybridized carbons (Fsp3) is 0.231. The van der Waals surface area contributed by atoms with Crippen LogP contribution in [0.2, 0.25) is 0 Å². The van der Waals surface area contributed by atoms with E-state index in [2.05, 4.69) is 4.98 Å². The van der Waals surface area contributed by atoms with E-state index in [9.17, 15) is 17.1 Å². The van der Waals surface area contributed by atoms with Crippen molar-refractivity contribution in [2.24, 2.45) is 0 Å². The summed E-state index contributed by atoms with van der Waals surface area (Å²) >= 11 is 0. The topological polar surface area (TPSA) is 80.5 Å². The van der Waals surface area contributed by atoms with Gasteiger partial charge >= 0.3 is 10.2 Å². The highest BCUT2D eigenvalue weighted by Gasteiger charge is 2.39. The number of amides is 1. The number of rotatable bonds is 3. The van der Waals surface area contributed by atoms with Crippen LogP contribution in [0.1, 0.15) is 6.42 Å². The molecule has 3 rings (SSSR count). The lowest BCUT2D eigenvalue weighted by Crippen LogP contribution is -2.27. The van der Waals surface area contributed by atoms with E-state index < -0.39 is 21.4 Å². The van der Waals surface area contributed by atoms with Gasteiger partial charge in [0, 0.05) is 18.5 Å². The van der Waals surface area contributed by atoms with E-state index >= 15 is 0 Å². The Hall–Kier alpha value is -2.22. The van der Waals surface area contributed by atoms with Crippen molar-refractivity contribution in [2.45, 2.75) is 11.7 Å². The maximum atomic E-state index is 13.1. The number of aromatic nitrogens is 1. The molecule has 1 fully saturated rings. The molecule has 1 aromatic heterocycles. The smallest absolute Gasteiger partial charge is 0.307 e. The number of carbonyl (C=O) groups excluding carboxylic acids is 1. The summed E-state index contributed by atoms with van der Waals surface area (Å²) in [6.45, 7) is -0.206. The van der Waals surface area contributed by atoms with Crippen molar-refractivity contribution >= 4 is 21.8 Å². The van der Waals surface area contributed by atoms with Gasteiger partial charge in [0.25, 0.3) is 0 Å². The van der Waals surface area contributed by atoms with E-state index in [1.807, 2.05) is 0 Å². The number of carbonyl (C=O) groups is 1. The number of hydrogen-bond donors (Lipinski definition) is 0. The molecule has 2 heterocycles. The third-order valence-electron chi connectivity index (χ3n) is 3.38. The number of hydrogen-bond acceptors (Lipinski definition) is 5. The average Bonchev–Trinajstić information content (AvgIpc) is 3.07. The summed E-state index contributed by atoms with van der Waals surface area (Å²) in [5.41, 5.74) is 1.07. The van der Waals surface area contributed by atoms with E-state index in [0.29, 0.717) is 17.0 Å². The maximum absolute atomic E-state index is 13.1. The Morgan fingerprint density at radius 1 is 1.33 bits per heavy atom. The van der Waals surface area contributed by atoms with Gasteiger partial charge in [0.05, 0.1) is 11.9 Å². The average molecular weight is 310 g/mol. The first-order valence-electron chi connectivity index (χ1n) is 6.18. The van der Waals surface area contributed by atoms with Gasteiger partial charge in [-0.15, -0.1) is 3.89 Å². The van der Waals surface area contributed by atoms with E-state index in [0.717, 1.165) is 0 Å². The van der Waals surface area contributed by atoms with Crippen molar-refractivity contribution in [1.29, 1.82) is 0 Å². The third-order valence-corrected chi connectivity index (χ3v) is 4.49. The molecule has 6 nitrogen and oxygen atoms in total. The lowest BCUT2D eigenvalue weighted by atomic mass is 10.1. The molecule has 1 amide bonds. The van der Waals surface area contributed by atoms with Gasteiger partial charge in [0.15, 0.2) is 12.2 Å². The van der Waals surface area contributed by atoms with E-state index in [1.54, 1.807) is 24.3 Å². The van der Waals surface area contributed by atoms with Gasteiger partial charge in [-0.3, -0.25) is 4.79 Å². The molecule has 0 spiro atoms. The molecule has 1 saturated heterocycles. The summed E-state index contributed by atoms with van der Waals surface area (Å²) in [6, 6.07) is 6.84. The van der Waals surface area contributed by atoms with Gasteiger partial charge in [0.2, 0.25) is 5.91 Å². The first kappa shape index (κ1) is 13.7. The molecule has 0 N–H and O–H groups in total. The summed E-state index contributed by atoms with van der Waals surface area (Å²) < 4.78 is 40.3. The number of anilines is 1. The van der Waals surface area contributed by atoms with Crippen molar-refractivity contribution in [3.8, 4) is 11.3 Å². The van der Waals surface area contributed by atoms with Gasteiger partial charge in [-0.05, 0) is 12.1 Å². The van der Waals surface area contributed by atoms with Crippen LogP contribution in [0.3, 0.4) is 0 Å². The number of benzene rings is 1. The normalized spacial score (nSPS) is 19.2. The molecule has 110 valence electrons. The fourth-order valence-electron chi connectivity index (χ4n) is 2.36. The van der Waals surface area contributed by atoms with Crippen LogP contribution in [-0.4, -0.2) is 31.1 Å². The zero-order valence-electron chi connectivity index (χ0n) is 10.8. The van der Waals surface area contributed by atoms with Crippen molar-refractivity contribution in [2.75, 3.05) is 11.4 Å². The summed E-state index contributed by atoms with van der Waals surface area (Å²) in [6.07, 6.45) is 2.39. The van der Waals surface area contributed by atoms with Gasteiger partial charge in [-0.1, -0.05) is 12.1 Å². The Morgan fingerprint density at radius 2 is 2.10 bits per heavy atom. The third kappa shape index (κ3) is 2.54. The zero-order chi connectivity index (χ0) is 15.0. The van der Waals surface area contributed by atoms with Crippen molar-refractivity contribution in [3.63, 3.8) is 0 Å². The van der Waals surface area contributed by atoms with Crippen LogP contribution in [0.25, 0.3) is 11.3 Å². The van der Waals surface area contributed by atoms with E-state index in [-0.39, 0.29) is 13.0 Å². The minimum Gasteiger partial charge on any atom is -0.443 e. The highest BCUT2D eigenvalue weighted by molar-refractivity contribution is 7.87. The standard InChI is InChI=1S/C13H11FN2O4S/c14-21(18,19)9-5-13(17)16(7-9)11-4-2-1-3-10(11)12-6-15-8-20-12/h1-4,6,8-9H,5,7H2. The van der Waals surface area contributed by atoms with Crippen LogP contribution in [-0.2, 0) is 15.0 Å². The van der Waals surface area contributed by atoms with Gasteiger partial charge in [0.1, 0.15) is 5.25 Å². The molecule has 8 heteroatoms. The maximum Gasteiger partial charge on any atom is 0.307 e. The van der Waals surface area contributed by atoms with Crippen molar-refractivity contribution < 1.29 is 21.5 Å². The second kappa shape index (κ2) is 4.96. The SMILES string of the molecule is O=C1CC(S(=O)(=O)F)CN1c1ccccc1-c1cnco1. The Kier molecular flexibility index (Phi) is 3.25. The van der Waals surface area contributed by atoms with Crippen LogP contribution in [0.4, 0.5) is 9.57 Å². The Bertz CT molecular complexity index is 773. The Morgan fingerprint density at radius 3 is 2.71 bits per heavy atom. The van der Waals surface area contributed by atoms with Crippen molar-refractivity contribution in [1.82, 2.24) is 4.98 Å². The summed E-state index contributed by atoms with van der Waals surface area (Å²) in [5, 5.41) is -1.33. The largest absolute Gasteiger partial charge is 0.443 e. The summed E-state index contributed by atoms with van der Waals surface area (Å²) in [5.74, 6) is 0.0122.